The van der Waals surface area contributed by atoms with Crippen LogP contribution in [-0.4, -0.2) is 77.8 Å². The van der Waals surface area contributed by atoms with Gasteiger partial charge in [0.05, 0.1) is 37.6 Å². The standard InChI is InChI=1S/C29H34F6N4O5/c1-17-14-39(18(2)16-40)26(42)13-19-12-22(36-25(41)10-11-28(30,31)32)8-9-23(19)44-24(17)15-38(3)27(43)37-21-6-4-20(5-7-21)29(33,34)35/h4-9,12,17-18,24,40H,10-11,13-16H2,1-3H3,(H,36,41)(H,37,43)/t17-,18+,24-/m0/s1. The first-order valence-electron chi connectivity index (χ1n) is 13.7. The molecule has 3 N–H and O–H groups in total. The first-order chi connectivity index (χ1) is 20.5. The van der Waals surface area contributed by atoms with Gasteiger partial charge < -0.3 is 30.3 Å². The Bertz CT molecular complexity index is 1320. The molecule has 44 heavy (non-hydrogen) atoms. The van der Waals surface area contributed by atoms with Gasteiger partial charge in [0.15, 0.2) is 0 Å². The van der Waals surface area contributed by atoms with Gasteiger partial charge in [-0.1, -0.05) is 6.92 Å². The van der Waals surface area contributed by atoms with Crippen molar-refractivity contribution in [1.82, 2.24) is 9.80 Å². The van der Waals surface area contributed by atoms with Crippen LogP contribution < -0.4 is 15.4 Å². The zero-order valence-electron chi connectivity index (χ0n) is 24.3. The van der Waals surface area contributed by atoms with E-state index in [1.807, 2.05) is 0 Å². The highest BCUT2D eigenvalue weighted by molar-refractivity contribution is 5.91. The van der Waals surface area contributed by atoms with Crippen molar-refractivity contribution in [3.63, 3.8) is 0 Å². The number of aliphatic hydroxyl groups is 1. The number of rotatable bonds is 8. The first kappa shape index (κ1) is 34.5. The van der Waals surface area contributed by atoms with E-state index in [0.717, 1.165) is 24.3 Å². The van der Waals surface area contributed by atoms with Gasteiger partial charge in [-0.05, 0) is 49.4 Å². The fraction of sp³-hybridized carbons (Fsp3) is 0.483. The fourth-order valence-electron chi connectivity index (χ4n) is 4.52. The van der Waals surface area contributed by atoms with Crippen molar-refractivity contribution in [2.45, 2.75) is 57.6 Å². The normalized spacial score (nSPS) is 18.2. The molecular formula is C29H34F6N4O5. The van der Waals surface area contributed by atoms with Gasteiger partial charge in [0.2, 0.25) is 11.8 Å². The Morgan fingerprint density at radius 2 is 1.70 bits per heavy atom. The number of nitrogens with zero attached hydrogens (tertiary/aromatic N) is 2. The smallest absolute Gasteiger partial charge is 0.416 e. The molecule has 0 bridgehead atoms. The molecular weight excluding hydrogens is 598 g/mol. The van der Waals surface area contributed by atoms with Crippen LogP contribution in [-0.2, 0) is 22.2 Å². The number of carbonyl (C=O) groups excluding carboxylic acids is 3. The summed E-state index contributed by atoms with van der Waals surface area (Å²) in [4.78, 5) is 41.0. The van der Waals surface area contributed by atoms with Crippen LogP contribution in [0, 0.1) is 5.92 Å². The van der Waals surface area contributed by atoms with Gasteiger partial charge in [-0.3, -0.25) is 9.59 Å². The second-order valence-electron chi connectivity index (χ2n) is 10.8. The van der Waals surface area contributed by atoms with E-state index in [1.54, 1.807) is 13.8 Å². The molecule has 1 aliphatic heterocycles. The summed E-state index contributed by atoms with van der Waals surface area (Å²) in [6.45, 7) is 3.24. The van der Waals surface area contributed by atoms with Gasteiger partial charge in [-0.25, -0.2) is 4.79 Å². The minimum Gasteiger partial charge on any atom is -0.488 e. The molecule has 2 aromatic carbocycles. The predicted octanol–water partition coefficient (Wildman–Crippen LogP) is 5.30. The summed E-state index contributed by atoms with van der Waals surface area (Å²) in [5.41, 5.74) is -0.238. The minimum atomic E-state index is -4.53. The van der Waals surface area contributed by atoms with Gasteiger partial charge in [-0.2, -0.15) is 26.3 Å². The Balaban J connectivity index is 1.82. The van der Waals surface area contributed by atoms with Crippen molar-refractivity contribution < 1.29 is 50.6 Å². The van der Waals surface area contributed by atoms with E-state index in [4.69, 9.17) is 4.74 Å². The quantitative estimate of drug-likeness (QED) is 0.342. The number of amides is 4. The summed E-state index contributed by atoms with van der Waals surface area (Å²) in [7, 11) is 1.46. The lowest BCUT2D eigenvalue weighted by atomic mass is 10.0. The molecule has 0 saturated carbocycles. The number of hydrogen-bond donors (Lipinski definition) is 3. The molecule has 0 aliphatic carbocycles. The number of carbonyl (C=O) groups is 3. The van der Waals surface area contributed by atoms with E-state index in [-0.39, 0.29) is 55.1 Å². The summed E-state index contributed by atoms with van der Waals surface area (Å²) in [6, 6.07) is 7.06. The molecule has 9 nitrogen and oxygen atoms in total. The SMILES string of the molecule is C[C@H](CO)N1C[C@H](C)[C@H](CN(C)C(=O)Nc2ccc(C(F)(F)F)cc2)Oc2ccc(NC(=O)CCC(F)(F)F)cc2CC1=O. The van der Waals surface area contributed by atoms with E-state index in [0.29, 0.717) is 5.56 Å². The zero-order valence-corrected chi connectivity index (χ0v) is 24.3. The lowest BCUT2D eigenvalue weighted by molar-refractivity contribution is -0.142. The predicted molar refractivity (Wildman–Crippen MR) is 149 cm³/mol. The number of aliphatic hydroxyl groups excluding tert-OH is 1. The van der Waals surface area contributed by atoms with Crippen LogP contribution in [0.3, 0.4) is 0 Å². The van der Waals surface area contributed by atoms with Crippen LogP contribution in [0.25, 0.3) is 0 Å². The molecule has 1 heterocycles. The molecule has 15 heteroatoms. The van der Waals surface area contributed by atoms with Crippen molar-refractivity contribution >= 4 is 29.2 Å². The Labute approximate surface area is 250 Å². The Hall–Kier alpha value is -4.01. The number of likely N-dealkylation sites (N-methyl/N-ethyl adjacent to an activating group) is 1. The van der Waals surface area contributed by atoms with Crippen molar-refractivity contribution in [2.24, 2.45) is 5.92 Å². The molecule has 0 aromatic heterocycles. The van der Waals surface area contributed by atoms with Crippen LogP contribution in [0.2, 0.25) is 0 Å². The molecule has 2 aromatic rings. The maximum absolute atomic E-state index is 13.3. The van der Waals surface area contributed by atoms with Gasteiger partial charge in [-0.15, -0.1) is 0 Å². The van der Waals surface area contributed by atoms with E-state index >= 15 is 0 Å². The summed E-state index contributed by atoms with van der Waals surface area (Å²) in [5, 5.41) is 14.7. The Morgan fingerprint density at radius 1 is 1.07 bits per heavy atom. The number of nitrogens with one attached hydrogen (secondary N) is 2. The van der Waals surface area contributed by atoms with Crippen molar-refractivity contribution in [3.05, 3.63) is 53.6 Å². The maximum atomic E-state index is 13.3. The van der Waals surface area contributed by atoms with Gasteiger partial charge in [0.1, 0.15) is 11.9 Å². The second-order valence-corrected chi connectivity index (χ2v) is 10.8. The van der Waals surface area contributed by atoms with Gasteiger partial charge in [0.25, 0.3) is 0 Å². The van der Waals surface area contributed by atoms with Gasteiger partial charge >= 0.3 is 18.4 Å². The second kappa shape index (κ2) is 14.2. The third kappa shape index (κ3) is 9.76. The van der Waals surface area contributed by atoms with Crippen LogP contribution in [0.15, 0.2) is 42.5 Å². The summed E-state index contributed by atoms with van der Waals surface area (Å²) in [5.74, 6) is -1.36. The van der Waals surface area contributed by atoms with Crippen molar-refractivity contribution in [3.8, 4) is 5.75 Å². The number of urea groups is 1. The van der Waals surface area contributed by atoms with E-state index in [2.05, 4.69) is 10.6 Å². The molecule has 0 spiro atoms. The van der Waals surface area contributed by atoms with E-state index in [9.17, 15) is 45.8 Å². The summed E-state index contributed by atoms with van der Waals surface area (Å²) in [6.07, 6.45) is -12.0. The number of alkyl halides is 6. The zero-order chi connectivity index (χ0) is 32.8. The lowest BCUT2D eigenvalue weighted by Gasteiger charge is -2.34. The van der Waals surface area contributed by atoms with Crippen molar-refractivity contribution in [1.29, 1.82) is 0 Å². The number of fused-ring (bicyclic) bond motifs is 1. The molecule has 242 valence electrons. The first-order valence-corrected chi connectivity index (χ1v) is 13.7. The van der Waals surface area contributed by atoms with Crippen LogP contribution in [0.4, 0.5) is 42.5 Å². The monoisotopic (exact) mass is 632 g/mol. The Morgan fingerprint density at radius 3 is 2.30 bits per heavy atom. The highest BCUT2D eigenvalue weighted by atomic mass is 19.4. The molecule has 3 atom stereocenters. The topological polar surface area (TPSA) is 111 Å². The maximum Gasteiger partial charge on any atom is 0.416 e. The number of halogens is 6. The number of hydrogen-bond acceptors (Lipinski definition) is 5. The van der Waals surface area contributed by atoms with E-state index < -0.39 is 54.8 Å². The Kier molecular flexibility index (Phi) is 11.1. The largest absolute Gasteiger partial charge is 0.488 e. The number of anilines is 2. The lowest BCUT2D eigenvalue weighted by Crippen LogP contribution is -2.48. The highest BCUT2D eigenvalue weighted by Crippen LogP contribution is 2.31. The third-order valence-electron chi connectivity index (χ3n) is 7.10. The summed E-state index contributed by atoms with van der Waals surface area (Å²) < 4.78 is 82.5. The molecule has 0 radical (unpaired) electrons. The van der Waals surface area contributed by atoms with Crippen LogP contribution in [0.5, 0.6) is 5.75 Å². The fourth-order valence-corrected chi connectivity index (χ4v) is 4.52. The van der Waals surface area contributed by atoms with Crippen LogP contribution >= 0.6 is 0 Å². The molecule has 0 fully saturated rings. The molecule has 4 amide bonds. The molecule has 3 rings (SSSR count). The third-order valence-corrected chi connectivity index (χ3v) is 7.10. The number of ether oxygens (including phenoxy) is 1. The molecule has 0 unspecified atom stereocenters. The number of benzene rings is 2. The van der Waals surface area contributed by atoms with E-state index in [1.165, 1.54) is 35.0 Å². The van der Waals surface area contributed by atoms with Gasteiger partial charge in [0, 0.05) is 42.9 Å². The molecule has 0 saturated heterocycles. The minimum absolute atomic E-state index is 0.0153. The molecule has 1 aliphatic rings. The average molecular weight is 633 g/mol. The highest BCUT2D eigenvalue weighted by Gasteiger charge is 2.33. The van der Waals surface area contributed by atoms with Crippen LogP contribution in [0.1, 0.15) is 37.8 Å². The summed E-state index contributed by atoms with van der Waals surface area (Å²) >= 11 is 0. The van der Waals surface area contributed by atoms with Crippen molar-refractivity contribution in [2.75, 3.05) is 37.4 Å². The average Bonchev–Trinajstić information content (AvgIpc) is 2.98.